The smallest absolute Gasteiger partial charge is 0.292 e. The molecule has 5 nitrogen and oxygen atoms in total. The lowest BCUT2D eigenvalue weighted by Gasteiger charge is -2.41. The molecule has 0 saturated carbocycles. The van der Waals surface area contributed by atoms with Crippen molar-refractivity contribution in [3.8, 4) is 0 Å². The molecule has 126 valence electrons. The molecule has 1 fully saturated rings. The molecule has 1 aliphatic heterocycles. The number of piperazine rings is 1. The fraction of sp³-hybridized carbons (Fsp3) is 0.474. The molecule has 24 heavy (non-hydrogen) atoms. The van der Waals surface area contributed by atoms with Crippen molar-refractivity contribution in [2.45, 2.75) is 32.2 Å². The minimum Gasteiger partial charge on any atom is -0.351 e. The van der Waals surface area contributed by atoms with Crippen LogP contribution >= 0.6 is 0 Å². The van der Waals surface area contributed by atoms with E-state index in [1.165, 1.54) is 30.4 Å². The molecule has 0 unspecified atom stereocenters. The van der Waals surface area contributed by atoms with Gasteiger partial charge in [0.1, 0.15) is 0 Å². The lowest BCUT2D eigenvalue weighted by Crippen LogP contribution is -2.50. The molecule has 4 rings (SSSR count). The van der Waals surface area contributed by atoms with Crippen LogP contribution in [0.2, 0.25) is 0 Å². The zero-order chi connectivity index (χ0) is 16.5. The first-order valence-corrected chi connectivity index (χ1v) is 8.77. The Labute approximate surface area is 142 Å². The van der Waals surface area contributed by atoms with Crippen LogP contribution in [0.15, 0.2) is 34.9 Å². The summed E-state index contributed by atoms with van der Waals surface area (Å²) >= 11 is 0. The Morgan fingerprint density at radius 3 is 2.75 bits per heavy atom. The van der Waals surface area contributed by atoms with Gasteiger partial charge in [-0.3, -0.25) is 9.69 Å². The Hall–Kier alpha value is -2.14. The Morgan fingerprint density at radius 1 is 1.21 bits per heavy atom. The van der Waals surface area contributed by atoms with E-state index in [1.807, 2.05) is 11.8 Å². The molecule has 5 heteroatoms. The highest BCUT2D eigenvalue weighted by Crippen LogP contribution is 2.34. The van der Waals surface area contributed by atoms with Gasteiger partial charge in [0, 0.05) is 38.3 Å². The third-order valence-corrected chi connectivity index (χ3v) is 5.22. The van der Waals surface area contributed by atoms with E-state index >= 15 is 0 Å². The maximum Gasteiger partial charge on any atom is 0.292 e. The summed E-state index contributed by atoms with van der Waals surface area (Å²) < 4.78 is 5.11. The van der Waals surface area contributed by atoms with Crippen LogP contribution in [0.5, 0.6) is 0 Å². The molecule has 1 aliphatic carbocycles. The van der Waals surface area contributed by atoms with Crippen molar-refractivity contribution in [3.05, 3.63) is 52.9 Å². The average Bonchev–Trinajstić information content (AvgIpc) is 3.07. The van der Waals surface area contributed by atoms with Gasteiger partial charge in [-0.05, 0) is 37.3 Å². The molecule has 0 spiro atoms. The molecule has 0 radical (unpaired) electrons. The SMILES string of the molecule is Cc1cc(C(=O)N2CCN([C@@H]3CCCc4ccccc43)CC2)on1. The summed E-state index contributed by atoms with van der Waals surface area (Å²) in [7, 11) is 0. The normalized spacial score (nSPS) is 21.5. The maximum atomic E-state index is 12.5. The van der Waals surface area contributed by atoms with E-state index in [2.05, 4.69) is 34.3 Å². The largest absolute Gasteiger partial charge is 0.351 e. The summed E-state index contributed by atoms with van der Waals surface area (Å²) in [6.07, 6.45) is 3.65. The van der Waals surface area contributed by atoms with E-state index in [4.69, 9.17) is 4.52 Å². The number of hydrogen-bond donors (Lipinski definition) is 0. The summed E-state index contributed by atoms with van der Waals surface area (Å²) in [6.45, 7) is 5.16. The Bertz CT molecular complexity index is 732. The second kappa shape index (κ2) is 6.40. The Kier molecular flexibility index (Phi) is 4.10. The molecule has 0 bridgehead atoms. The van der Waals surface area contributed by atoms with Crippen LogP contribution in [0.3, 0.4) is 0 Å². The Balaban J connectivity index is 1.43. The summed E-state index contributed by atoms with van der Waals surface area (Å²) in [5.41, 5.74) is 3.72. The second-order valence-electron chi connectivity index (χ2n) is 6.77. The minimum atomic E-state index is -0.0423. The molecule has 1 saturated heterocycles. The molecule has 1 aromatic heterocycles. The summed E-state index contributed by atoms with van der Waals surface area (Å²) in [6, 6.07) is 11.0. The van der Waals surface area contributed by atoms with Crippen molar-refractivity contribution < 1.29 is 9.32 Å². The van der Waals surface area contributed by atoms with Crippen LogP contribution in [-0.2, 0) is 6.42 Å². The number of carbonyl (C=O) groups excluding carboxylic acids is 1. The second-order valence-corrected chi connectivity index (χ2v) is 6.77. The molecule has 1 amide bonds. The number of carbonyl (C=O) groups is 1. The lowest BCUT2D eigenvalue weighted by molar-refractivity contribution is 0.0513. The first kappa shape index (κ1) is 15.4. The van der Waals surface area contributed by atoms with Crippen LogP contribution in [0.4, 0.5) is 0 Å². The van der Waals surface area contributed by atoms with Gasteiger partial charge in [-0.1, -0.05) is 29.4 Å². The van der Waals surface area contributed by atoms with Crippen molar-refractivity contribution in [1.82, 2.24) is 15.0 Å². The van der Waals surface area contributed by atoms with Crippen molar-refractivity contribution in [2.24, 2.45) is 0 Å². The van der Waals surface area contributed by atoms with E-state index in [0.29, 0.717) is 11.8 Å². The standard InChI is InChI=1S/C19H23N3O2/c1-14-13-18(24-20-14)19(23)22-11-9-21(10-12-22)17-8-4-6-15-5-2-3-7-16(15)17/h2-3,5,7,13,17H,4,6,8-12H2,1H3/t17-/m1/s1. The zero-order valence-electron chi connectivity index (χ0n) is 14.1. The highest BCUT2D eigenvalue weighted by Gasteiger charge is 2.30. The molecule has 1 aromatic carbocycles. The predicted molar refractivity (Wildman–Crippen MR) is 90.8 cm³/mol. The first-order chi connectivity index (χ1) is 11.7. The highest BCUT2D eigenvalue weighted by atomic mass is 16.5. The zero-order valence-corrected chi connectivity index (χ0v) is 14.1. The van der Waals surface area contributed by atoms with Crippen molar-refractivity contribution in [1.29, 1.82) is 0 Å². The number of benzene rings is 1. The molecule has 2 aromatic rings. The maximum absolute atomic E-state index is 12.5. The van der Waals surface area contributed by atoms with E-state index < -0.39 is 0 Å². The van der Waals surface area contributed by atoms with Crippen LogP contribution in [0.25, 0.3) is 0 Å². The fourth-order valence-corrected chi connectivity index (χ4v) is 3.96. The minimum absolute atomic E-state index is 0.0423. The first-order valence-electron chi connectivity index (χ1n) is 8.77. The van der Waals surface area contributed by atoms with Gasteiger partial charge >= 0.3 is 0 Å². The summed E-state index contributed by atoms with van der Waals surface area (Å²) in [5.74, 6) is 0.309. The topological polar surface area (TPSA) is 49.6 Å². The summed E-state index contributed by atoms with van der Waals surface area (Å²) in [5, 5.41) is 3.81. The van der Waals surface area contributed by atoms with Gasteiger partial charge < -0.3 is 9.42 Å². The van der Waals surface area contributed by atoms with Gasteiger partial charge in [-0.15, -0.1) is 0 Å². The number of nitrogens with zero attached hydrogens (tertiary/aromatic N) is 3. The van der Waals surface area contributed by atoms with E-state index in [-0.39, 0.29) is 5.91 Å². The number of hydrogen-bond acceptors (Lipinski definition) is 4. The number of rotatable bonds is 2. The van der Waals surface area contributed by atoms with Gasteiger partial charge in [0.2, 0.25) is 5.76 Å². The van der Waals surface area contributed by atoms with Gasteiger partial charge in [0.25, 0.3) is 5.91 Å². The molecule has 2 heterocycles. The highest BCUT2D eigenvalue weighted by molar-refractivity contribution is 5.91. The predicted octanol–water partition coefficient (Wildman–Crippen LogP) is 2.82. The quantitative estimate of drug-likeness (QED) is 0.852. The van der Waals surface area contributed by atoms with Crippen molar-refractivity contribution in [3.63, 3.8) is 0 Å². The number of amides is 1. The van der Waals surface area contributed by atoms with Crippen LogP contribution in [0.1, 0.15) is 46.3 Å². The van der Waals surface area contributed by atoms with Gasteiger partial charge in [0.15, 0.2) is 0 Å². The average molecular weight is 325 g/mol. The van der Waals surface area contributed by atoms with Crippen LogP contribution < -0.4 is 0 Å². The lowest BCUT2D eigenvalue weighted by atomic mass is 9.86. The van der Waals surface area contributed by atoms with Gasteiger partial charge in [-0.25, -0.2) is 0 Å². The van der Waals surface area contributed by atoms with Crippen LogP contribution in [0, 0.1) is 6.92 Å². The molecule has 2 aliphatic rings. The monoisotopic (exact) mass is 325 g/mol. The molecular formula is C19H23N3O2. The molecule has 0 N–H and O–H groups in total. The van der Waals surface area contributed by atoms with E-state index in [1.54, 1.807) is 6.07 Å². The number of aryl methyl sites for hydroxylation is 2. The molecular weight excluding hydrogens is 302 g/mol. The Morgan fingerprint density at radius 2 is 2.00 bits per heavy atom. The van der Waals surface area contributed by atoms with Gasteiger partial charge in [-0.2, -0.15) is 0 Å². The number of aromatic nitrogens is 1. The van der Waals surface area contributed by atoms with E-state index in [0.717, 1.165) is 31.9 Å². The fourth-order valence-electron chi connectivity index (χ4n) is 3.96. The summed E-state index contributed by atoms with van der Waals surface area (Å²) in [4.78, 5) is 16.9. The van der Waals surface area contributed by atoms with Crippen LogP contribution in [-0.4, -0.2) is 47.0 Å². The van der Waals surface area contributed by atoms with Crippen molar-refractivity contribution in [2.75, 3.05) is 26.2 Å². The van der Waals surface area contributed by atoms with Crippen molar-refractivity contribution >= 4 is 5.91 Å². The van der Waals surface area contributed by atoms with E-state index in [9.17, 15) is 4.79 Å². The van der Waals surface area contributed by atoms with Gasteiger partial charge in [0.05, 0.1) is 5.69 Å². The third kappa shape index (κ3) is 2.84. The third-order valence-electron chi connectivity index (χ3n) is 5.22. The molecule has 1 atom stereocenters. The number of fused-ring (bicyclic) bond motifs is 1.